The number of nitrogens with zero attached hydrogens (tertiary/aromatic N) is 3. The summed E-state index contributed by atoms with van der Waals surface area (Å²) in [5.41, 5.74) is 7.27. The molecule has 2 aliphatic rings. The van der Waals surface area contributed by atoms with Crippen LogP contribution in [-0.2, 0) is 0 Å². The molecule has 0 unspecified atom stereocenters. The van der Waals surface area contributed by atoms with Crippen molar-refractivity contribution in [2.45, 2.75) is 45.1 Å². The second kappa shape index (κ2) is 7.41. The van der Waals surface area contributed by atoms with Crippen molar-refractivity contribution in [2.75, 3.05) is 18.0 Å². The molecule has 1 saturated heterocycles. The maximum Gasteiger partial charge on any atom is 0.252 e. The molecule has 148 valence electrons. The smallest absolute Gasteiger partial charge is 0.252 e. The van der Waals surface area contributed by atoms with Crippen molar-refractivity contribution in [2.24, 2.45) is 17.6 Å². The van der Waals surface area contributed by atoms with Gasteiger partial charge in [0.05, 0.1) is 5.56 Å². The zero-order chi connectivity index (χ0) is 19.8. The third-order valence-electron chi connectivity index (χ3n) is 6.19. The molecule has 28 heavy (non-hydrogen) atoms. The van der Waals surface area contributed by atoms with Crippen LogP contribution in [0.5, 0.6) is 0 Å². The van der Waals surface area contributed by atoms with E-state index in [1.807, 2.05) is 10.6 Å². The van der Waals surface area contributed by atoms with Gasteiger partial charge in [0, 0.05) is 43.0 Å². The summed E-state index contributed by atoms with van der Waals surface area (Å²) in [6.07, 6.45) is 4.86. The maximum atomic E-state index is 12.7. The average Bonchev–Trinajstić information content (AvgIpc) is 2.68. The quantitative estimate of drug-likeness (QED) is 0.865. The number of carbonyl (C=O) groups excluding carboxylic acids is 1. The standard InChI is InChI=1S/C22H28N4O2/c1-14(2)8-9-19-16-11-15(18-6-3-7-20(27)26(18)19)12-25(13-16)22-17(21(23)28)5-4-10-24-22/h3-7,10,14-16,19H,8-9,11-13H2,1-2H3,(H2,23,28)/t15-,16+,19+/m1/s1. The van der Waals surface area contributed by atoms with E-state index in [0.717, 1.165) is 38.0 Å². The largest absolute Gasteiger partial charge is 0.365 e. The second-order valence-electron chi connectivity index (χ2n) is 8.53. The summed E-state index contributed by atoms with van der Waals surface area (Å²) in [5, 5.41) is 0. The van der Waals surface area contributed by atoms with Gasteiger partial charge in [-0.25, -0.2) is 4.98 Å². The highest BCUT2D eigenvalue weighted by Gasteiger charge is 2.41. The van der Waals surface area contributed by atoms with Crippen molar-refractivity contribution in [3.63, 3.8) is 0 Å². The fourth-order valence-corrected chi connectivity index (χ4v) is 4.93. The highest BCUT2D eigenvalue weighted by molar-refractivity contribution is 5.97. The fraction of sp³-hybridized carbons (Fsp3) is 0.500. The first-order valence-corrected chi connectivity index (χ1v) is 10.2. The van der Waals surface area contributed by atoms with Crippen molar-refractivity contribution in [1.29, 1.82) is 0 Å². The minimum atomic E-state index is -0.452. The number of aromatic nitrogens is 2. The Balaban J connectivity index is 1.73. The number of nitrogens with two attached hydrogens (primary N) is 1. The molecule has 1 fully saturated rings. The summed E-state index contributed by atoms with van der Waals surface area (Å²) >= 11 is 0. The van der Waals surface area contributed by atoms with Crippen molar-refractivity contribution in [1.82, 2.24) is 9.55 Å². The van der Waals surface area contributed by atoms with Crippen LogP contribution in [0.3, 0.4) is 0 Å². The number of amides is 1. The van der Waals surface area contributed by atoms with Gasteiger partial charge in [-0.3, -0.25) is 9.59 Å². The minimum absolute atomic E-state index is 0.102. The van der Waals surface area contributed by atoms with Crippen LogP contribution in [0.2, 0.25) is 0 Å². The molecule has 2 aromatic heterocycles. The van der Waals surface area contributed by atoms with Crippen molar-refractivity contribution >= 4 is 11.7 Å². The summed E-state index contributed by atoms with van der Waals surface area (Å²) < 4.78 is 2.05. The van der Waals surface area contributed by atoms with E-state index in [0.29, 0.717) is 23.2 Å². The first-order valence-electron chi connectivity index (χ1n) is 10.2. The molecule has 4 rings (SSSR count). The van der Waals surface area contributed by atoms with Gasteiger partial charge in [-0.1, -0.05) is 19.9 Å². The summed E-state index contributed by atoms with van der Waals surface area (Å²) in [6.45, 7) is 5.98. The van der Waals surface area contributed by atoms with Crippen LogP contribution in [0.4, 0.5) is 5.82 Å². The molecule has 0 saturated carbocycles. The molecule has 0 aliphatic carbocycles. The van der Waals surface area contributed by atoms with Crippen LogP contribution in [0.1, 0.15) is 61.1 Å². The zero-order valence-electron chi connectivity index (χ0n) is 16.5. The second-order valence-corrected chi connectivity index (χ2v) is 8.53. The predicted octanol–water partition coefficient (Wildman–Crippen LogP) is 2.94. The van der Waals surface area contributed by atoms with E-state index in [1.54, 1.807) is 24.4 Å². The Morgan fingerprint density at radius 1 is 1.25 bits per heavy atom. The first-order chi connectivity index (χ1) is 13.5. The third-order valence-corrected chi connectivity index (χ3v) is 6.19. The highest BCUT2D eigenvalue weighted by Crippen LogP contribution is 2.44. The number of pyridine rings is 2. The van der Waals surface area contributed by atoms with Crippen LogP contribution in [0, 0.1) is 11.8 Å². The number of primary amides is 1. The Morgan fingerprint density at radius 2 is 2.07 bits per heavy atom. The Kier molecular flexibility index (Phi) is 4.96. The molecule has 2 aromatic rings. The van der Waals surface area contributed by atoms with E-state index < -0.39 is 5.91 Å². The van der Waals surface area contributed by atoms with E-state index in [9.17, 15) is 9.59 Å². The number of fused-ring (bicyclic) bond motifs is 4. The lowest BCUT2D eigenvalue weighted by molar-refractivity contribution is 0.1000. The van der Waals surface area contributed by atoms with E-state index in [1.165, 1.54) is 0 Å². The van der Waals surface area contributed by atoms with Gasteiger partial charge < -0.3 is 15.2 Å². The first kappa shape index (κ1) is 18.7. The predicted molar refractivity (Wildman–Crippen MR) is 110 cm³/mol. The monoisotopic (exact) mass is 380 g/mol. The molecule has 0 spiro atoms. The van der Waals surface area contributed by atoms with E-state index in [-0.39, 0.29) is 17.5 Å². The van der Waals surface area contributed by atoms with Gasteiger partial charge in [0.1, 0.15) is 5.82 Å². The van der Waals surface area contributed by atoms with Crippen molar-refractivity contribution < 1.29 is 4.79 Å². The highest BCUT2D eigenvalue weighted by atomic mass is 16.1. The molecule has 3 atom stereocenters. The Morgan fingerprint density at radius 3 is 2.82 bits per heavy atom. The molecule has 0 aromatic carbocycles. The number of hydrogen-bond donors (Lipinski definition) is 1. The maximum absolute atomic E-state index is 12.7. The van der Waals surface area contributed by atoms with Gasteiger partial charge in [0.25, 0.3) is 11.5 Å². The molecule has 4 heterocycles. The number of rotatable bonds is 5. The molecule has 2 aliphatic heterocycles. The average molecular weight is 380 g/mol. The Labute approximate surface area is 165 Å². The third kappa shape index (κ3) is 3.32. The van der Waals surface area contributed by atoms with Crippen molar-refractivity contribution in [3.8, 4) is 0 Å². The number of carbonyl (C=O) groups is 1. The summed E-state index contributed by atoms with van der Waals surface area (Å²) in [4.78, 5) is 31.3. The lowest BCUT2D eigenvalue weighted by Crippen LogP contribution is -2.50. The number of piperidine rings is 1. The lowest BCUT2D eigenvalue weighted by Gasteiger charge is -2.47. The SMILES string of the molecule is CC(C)CC[C@H]1[C@H]2C[C@H](CN(c3ncccc3C(N)=O)C2)c2cccc(=O)n21. The minimum Gasteiger partial charge on any atom is -0.365 e. The van der Waals surface area contributed by atoms with Gasteiger partial charge in [-0.15, -0.1) is 0 Å². The van der Waals surface area contributed by atoms with E-state index in [4.69, 9.17) is 5.73 Å². The Hall–Kier alpha value is -2.63. The van der Waals surface area contributed by atoms with E-state index in [2.05, 4.69) is 29.8 Å². The van der Waals surface area contributed by atoms with Gasteiger partial charge >= 0.3 is 0 Å². The normalized spacial score (nSPS) is 23.5. The topological polar surface area (TPSA) is 81.2 Å². The zero-order valence-corrected chi connectivity index (χ0v) is 16.5. The molecule has 2 N–H and O–H groups in total. The molecular formula is C22H28N4O2. The summed E-state index contributed by atoms with van der Waals surface area (Å²) in [5.74, 6) is 1.42. The van der Waals surface area contributed by atoms with Gasteiger partial charge in [-0.05, 0) is 49.3 Å². The number of anilines is 1. The van der Waals surface area contributed by atoms with Gasteiger partial charge in [-0.2, -0.15) is 0 Å². The molecule has 1 amide bonds. The van der Waals surface area contributed by atoms with Gasteiger partial charge in [0.15, 0.2) is 0 Å². The summed E-state index contributed by atoms with van der Waals surface area (Å²) in [7, 11) is 0. The van der Waals surface area contributed by atoms with Crippen LogP contribution in [-0.4, -0.2) is 28.5 Å². The van der Waals surface area contributed by atoms with Crippen LogP contribution < -0.4 is 16.2 Å². The number of hydrogen-bond acceptors (Lipinski definition) is 4. The molecule has 2 bridgehead atoms. The van der Waals surface area contributed by atoms with E-state index >= 15 is 0 Å². The van der Waals surface area contributed by atoms with Gasteiger partial charge in [0.2, 0.25) is 0 Å². The van der Waals surface area contributed by atoms with Crippen LogP contribution in [0.25, 0.3) is 0 Å². The molecular weight excluding hydrogens is 352 g/mol. The molecule has 0 radical (unpaired) electrons. The molecule has 6 heteroatoms. The van der Waals surface area contributed by atoms with Crippen LogP contribution in [0.15, 0.2) is 41.3 Å². The van der Waals surface area contributed by atoms with Crippen molar-refractivity contribution in [3.05, 3.63) is 58.1 Å². The Bertz CT molecular complexity index is 936. The molecule has 6 nitrogen and oxygen atoms in total. The summed E-state index contributed by atoms with van der Waals surface area (Å²) in [6, 6.07) is 9.29. The lowest BCUT2D eigenvalue weighted by atomic mass is 9.76. The fourth-order valence-electron chi connectivity index (χ4n) is 4.93. The van der Waals surface area contributed by atoms with Crippen LogP contribution >= 0.6 is 0 Å².